The maximum Gasteiger partial charge on any atom is 0.345 e. The van der Waals surface area contributed by atoms with Gasteiger partial charge in [0.25, 0.3) is 0 Å². The number of aromatic carboxylic acids is 1. The summed E-state index contributed by atoms with van der Waals surface area (Å²) in [6.07, 6.45) is 0. The van der Waals surface area contributed by atoms with Crippen LogP contribution in [0.3, 0.4) is 0 Å². The van der Waals surface area contributed by atoms with Gasteiger partial charge in [0, 0.05) is 4.88 Å². The van der Waals surface area contributed by atoms with Crippen molar-refractivity contribution in [1.82, 2.24) is 9.96 Å². The molecule has 26 heavy (non-hydrogen) atoms. The van der Waals surface area contributed by atoms with Gasteiger partial charge in [-0.3, -0.25) is 4.84 Å². The highest BCUT2D eigenvalue weighted by Crippen LogP contribution is 2.47. The van der Waals surface area contributed by atoms with Crippen LogP contribution in [0.15, 0.2) is 36.4 Å². The van der Waals surface area contributed by atoms with E-state index in [0.717, 1.165) is 22.0 Å². The normalized spacial score (nSPS) is 21.0. The van der Waals surface area contributed by atoms with E-state index in [1.54, 1.807) is 0 Å². The van der Waals surface area contributed by atoms with Crippen LogP contribution in [0.1, 0.15) is 37.8 Å². The maximum absolute atomic E-state index is 12.7. The zero-order valence-corrected chi connectivity index (χ0v) is 14.2. The molecule has 1 aromatic carbocycles. The van der Waals surface area contributed by atoms with Crippen molar-refractivity contribution in [3.05, 3.63) is 57.3 Å². The topological polar surface area (TPSA) is 107 Å². The van der Waals surface area contributed by atoms with E-state index >= 15 is 0 Å². The van der Waals surface area contributed by atoms with Gasteiger partial charge < -0.3 is 15.1 Å². The fourth-order valence-electron chi connectivity index (χ4n) is 3.29. The summed E-state index contributed by atoms with van der Waals surface area (Å²) in [4.78, 5) is 43.0. The molecule has 9 heteroatoms. The molecular formula is C17H14N2O6S. The molecule has 2 aromatic rings. The second-order valence-electron chi connectivity index (χ2n) is 6.01. The van der Waals surface area contributed by atoms with E-state index in [1.165, 1.54) is 11.0 Å². The predicted molar refractivity (Wildman–Crippen MR) is 89.6 cm³/mol. The number of hydroxylamine groups is 2. The molecule has 0 saturated carbocycles. The van der Waals surface area contributed by atoms with Gasteiger partial charge in [0.2, 0.25) is 0 Å². The smallest absolute Gasteiger partial charge is 0.345 e. The van der Waals surface area contributed by atoms with E-state index < -0.39 is 30.1 Å². The van der Waals surface area contributed by atoms with Gasteiger partial charge in [-0.2, -0.15) is 5.06 Å². The number of aliphatic carboxylic acids is 1. The third-order valence-corrected chi connectivity index (χ3v) is 5.65. The first-order valence-electron chi connectivity index (χ1n) is 7.83. The molecule has 8 nitrogen and oxygen atoms in total. The number of carboxylic acid groups (broad SMARTS) is 2. The molecule has 1 fully saturated rings. The highest BCUT2D eigenvalue weighted by atomic mass is 32.1. The molecule has 2 atom stereocenters. The number of urea groups is 1. The predicted octanol–water partition coefficient (Wildman–Crippen LogP) is 2.50. The summed E-state index contributed by atoms with van der Waals surface area (Å²) in [5, 5.41) is 20.0. The molecule has 1 saturated heterocycles. The van der Waals surface area contributed by atoms with Crippen molar-refractivity contribution in [2.24, 2.45) is 0 Å². The maximum atomic E-state index is 12.7. The van der Waals surface area contributed by atoms with Crippen LogP contribution in [-0.4, -0.2) is 44.7 Å². The van der Waals surface area contributed by atoms with Crippen LogP contribution in [0.25, 0.3) is 0 Å². The molecule has 134 valence electrons. The van der Waals surface area contributed by atoms with Crippen molar-refractivity contribution in [2.75, 3.05) is 6.54 Å². The number of hydrogen-bond donors (Lipinski definition) is 2. The number of hydrogen-bond acceptors (Lipinski definition) is 5. The first-order valence-corrected chi connectivity index (χ1v) is 8.65. The van der Waals surface area contributed by atoms with Crippen LogP contribution in [0, 0.1) is 0 Å². The number of carbonyl (C=O) groups excluding carboxylic acids is 1. The van der Waals surface area contributed by atoms with Crippen molar-refractivity contribution in [3.63, 3.8) is 0 Å². The molecule has 0 aliphatic carbocycles. The second kappa shape index (κ2) is 6.11. The van der Waals surface area contributed by atoms with Crippen molar-refractivity contribution < 1.29 is 29.4 Å². The van der Waals surface area contributed by atoms with Crippen LogP contribution in [0.2, 0.25) is 0 Å². The summed E-state index contributed by atoms with van der Waals surface area (Å²) >= 11 is 0.889. The van der Waals surface area contributed by atoms with E-state index in [9.17, 15) is 24.6 Å². The molecule has 2 amide bonds. The van der Waals surface area contributed by atoms with Crippen molar-refractivity contribution in [3.8, 4) is 0 Å². The molecule has 0 radical (unpaired) electrons. The Morgan fingerprint density at radius 3 is 2.62 bits per heavy atom. The van der Waals surface area contributed by atoms with E-state index in [0.29, 0.717) is 10.4 Å². The van der Waals surface area contributed by atoms with Crippen LogP contribution in [-0.2, 0) is 16.2 Å². The average molecular weight is 374 g/mol. The van der Waals surface area contributed by atoms with Gasteiger partial charge in [0.15, 0.2) is 6.04 Å². The SMILES string of the molecule is O=C(O)c1cc2c(s1)[C@@H](C(=O)O)N1C[C@@H]2N(OCc2ccccc2)C1=O. The average Bonchev–Trinajstić information content (AvgIpc) is 3.17. The lowest BCUT2D eigenvalue weighted by atomic mass is 9.99. The molecule has 4 rings (SSSR count). The first-order chi connectivity index (χ1) is 12.5. The summed E-state index contributed by atoms with van der Waals surface area (Å²) in [6.45, 7) is 0.299. The lowest BCUT2D eigenvalue weighted by molar-refractivity contribution is -0.143. The summed E-state index contributed by atoms with van der Waals surface area (Å²) in [7, 11) is 0. The van der Waals surface area contributed by atoms with E-state index in [2.05, 4.69) is 0 Å². The zero-order chi connectivity index (χ0) is 18.4. The Balaban J connectivity index is 1.68. The van der Waals surface area contributed by atoms with Gasteiger partial charge in [-0.15, -0.1) is 11.3 Å². The number of carboxylic acids is 2. The molecule has 2 aliphatic rings. The lowest BCUT2D eigenvalue weighted by Crippen LogP contribution is -2.37. The lowest BCUT2D eigenvalue weighted by Gasteiger charge is -2.27. The van der Waals surface area contributed by atoms with Gasteiger partial charge >= 0.3 is 18.0 Å². The third kappa shape index (κ3) is 2.52. The van der Waals surface area contributed by atoms with Crippen LogP contribution in [0.5, 0.6) is 0 Å². The highest BCUT2D eigenvalue weighted by Gasteiger charge is 2.52. The summed E-state index contributed by atoms with van der Waals surface area (Å²) < 4.78 is 0. The number of benzene rings is 1. The molecule has 0 spiro atoms. The minimum atomic E-state index is -1.20. The number of thiophene rings is 1. The Labute approximate surface area is 151 Å². The van der Waals surface area contributed by atoms with Gasteiger partial charge in [-0.25, -0.2) is 14.4 Å². The van der Waals surface area contributed by atoms with E-state index in [-0.39, 0.29) is 18.0 Å². The molecule has 1 aromatic heterocycles. The fraction of sp³-hybridized carbons (Fsp3) is 0.235. The van der Waals surface area contributed by atoms with Gasteiger partial charge in [0.05, 0.1) is 6.54 Å². The Morgan fingerprint density at radius 1 is 1.23 bits per heavy atom. The third-order valence-electron chi connectivity index (χ3n) is 4.45. The number of carbonyl (C=O) groups is 3. The first kappa shape index (κ1) is 16.6. The van der Waals surface area contributed by atoms with Crippen LogP contribution >= 0.6 is 11.3 Å². The number of fused-ring (bicyclic) bond motifs is 4. The Bertz CT molecular complexity index is 896. The molecule has 3 heterocycles. The quantitative estimate of drug-likeness (QED) is 0.833. The standard InChI is InChI=1S/C17H14N2O6S/c20-15(21)12-6-10-11-7-18(13(16(22)23)14(10)26-12)17(24)19(11)25-8-9-4-2-1-3-5-9/h1-6,11,13H,7-8H2,(H,20,21)(H,22,23)/t11-,13-/m0/s1. The second-order valence-corrected chi connectivity index (χ2v) is 7.10. The Kier molecular flexibility index (Phi) is 3.89. The van der Waals surface area contributed by atoms with E-state index in [1.807, 2.05) is 30.3 Å². The molecule has 2 bridgehead atoms. The summed E-state index contributed by atoms with van der Waals surface area (Å²) in [6, 6.07) is 8.46. The van der Waals surface area contributed by atoms with Crippen molar-refractivity contribution in [1.29, 1.82) is 0 Å². The Hall–Kier alpha value is -2.91. The largest absolute Gasteiger partial charge is 0.479 e. The molecule has 2 N–H and O–H groups in total. The number of nitrogens with zero attached hydrogens (tertiary/aromatic N) is 2. The molecular weight excluding hydrogens is 360 g/mol. The van der Waals surface area contributed by atoms with Crippen molar-refractivity contribution in [2.45, 2.75) is 18.7 Å². The minimum Gasteiger partial charge on any atom is -0.479 e. The molecule has 2 aliphatic heterocycles. The zero-order valence-electron chi connectivity index (χ0n) is 13.4. The monoisotopic (exact) mass is 374 g/mol. The number of amides is 2. The van der Waals surface area contributed by atoms with Crippen molar-refractivity contribution >= 4 is 29.3 Å². The number of rotatable bonds is 5. The summed E-state index contributed by atoms with van der Waals surface area (Å²) in [5.41, 5.74) is 1.39. The highest BCUT2D eigenvalue weighted by molar-refractivity contribution is 7.14. The van der Waals surface area contributed by atoms with Crippen LogP contribution in [0.4, 0.5) is 4.79 Å². The van der Waals surface area contributed by atoms with Gasteiger partial charge in [-0.05, 0) is 17.2 Å². The fourth-order valence-corrected chi connectivity index (χ4v) is 4.45. The van der Waals surface area contributed by atoms with Gasteiger partial charge in [-0.1, -0.05) is 30.3 Å². The molecule has 0 unspecified atom stereocenters. The summed E-state index contributed by atoms with van der Waals surface area (Å²) in [5.74, 6) is -2.32. The van der Waals surface area contributed by atoms with Crippen LogP contribution < -0.4 is 0 Å². The Morgan fingerprint density at radius 2 is 1.96 bits per heavy atom. The van der Waals surface area contributed by atoms with Gasteiger partial charge in [0.1, 0.15) is 17.5 Å². The van der Waals surface area contributed by atoms with E-state index in [4.69, 9.17) is 4.84 Å². The minimum absolute atomic E-state index is 0.0467.